The van der Waals surface area contributed by atoms with Gasteiger partial charge in [-0.3, -0.25) is 14.8 Å². The van der Waals surface area contributed by atoms with Crippen LogP contribution in [0, 0.1) is 5.82 Å². The van der Waals surface area contributed by atoms with Gasteiger partial charge in [0.15, 0.2) is 11.6 Å². The molecule has 2 N–H and O–H groups in total. The van der Waals surface area contributed by atoms with Gasteiger partial charge in [0, 0.05) is 32.1 Å². The van der Waals surface area contributed by atoms with Gasteiger partial charge in [-0.15, -0.1) is 11.3 Å². The van der Waals surface area contributed by atoms with E-state index in [9.17, 15) is 14.0 Å². The molecule has 0 aliphatic rings. The van der Waals surface area contributed by atoms with Crippen LogP contribution in [0.2, 0.25) is 0 Å². The normalized spacial score (nSPS) is 11.4. The molecule has 0 bridgehead atoms. The van der Waals surface area contributed by atoms with Crippen molar-refractivity contribution in [2.45, 2.75) is 39.3 Å². The lowest BCUT2D eigenvalue weighted by molar-refractivity contribution is -0.117. The van der Waals surface area contributed by atoms with E-state index < -0.39 is 23.4 Å². The molecule has 210 valence electrons. The summed E-state index contributed by atoms with van der Waals surface area (Å²) in [5.41, 5.74) is 7.31. The summed E-state index contributed by atoms with van der Waals surface area (Å²) in [5, 5.41) is 0. The molecule has 4 rings (SSSR count). The Morgan fingerprint density at radius 1 is 1.05 bits per heavy atom. The first-order valence-corrected chi connectivity index (χ1v) is 13.4. The van der Waals surface area contributed by atoms with Gasteiger partial charge in [-0.2, -0.15) is 0 Å². The Hall–Kier alpha value is -4.09. The molecule has 9 nitrogen and oxygen atoms in total. The minimum Gasteiger partial charge on any atom is -0.453 e. The lowest BCUT2D eigenvalue weighted by atomic mass is 10.1. The van der Waals surface area contributed by atoms with Crippen LogP contribution in [0.15, 0.2) is 54.9 Å². The van der Waals surface area contributed by atoms with E-state index in [1.165, 1.54) is 23.5 Å². The van der Waals surface area contributed by atoms with Crippen LogP contribution >= 0.6 is 11.3 Å². The number of primary amides is 1. The largest absolute Gasteiger partial charge is 0.453 e. The molecule has 0 saturated heterocycles. The fraction of sp³-hybridized carbons (Fsp3) is 0.310. The predicted molar refractivity (Wildman–Crippen MR) is 151 cm³/mol. The fourth-order valence-electron chi connectivity index (χ4n) is 3.83. The van der Waals surface area contributed by atoms with E-state index in [-0.39, 0.29) is 12.2 Å². The van der Waals surface area contributed by atoms with Crippen LogP contribution in [0.4, 0.5) is 9.18 Å². The number of carbonyl (C=O) groups excluding carboxylic acids is 2. The van der Waals surface area contributed by atoms with Gasteiger partial charge < -0.3 is 24.8 Å². The standard InChI is InChI=1S/C29H31FN4O5S/c1-29(2,3)39-28(36)34(11-12-37-4)17-19-5-7-21(33-16-19)25-15-22-27(40-25)24(9-10-32-22)38-23-8-6-18(13-20(23)30)14-26(31)35/h5-10,13,15-16H,11-12,14,17H2,1-4H3,(H2,31,35). The van der Waals surface area contributed by atoms with E-state index in [2.05, 4.69) is 9.97 Å². The van der Waals surface area contributed by atoms with Crippen molar-refractivity contribution in [3.63, 3.8) is 0 Å². The molecule has 3 heterocycles. The van der Waals surface area contributed by atoms with E-state index in [1.54, 1.807) is 36.5 Å². The average molecular weight is 567 g/mol. The number of nitrogens with two attached hydrogens (primary N) is 1. The van der Waals surface area contributed by atoms with E-state index in [1.807, 2.05) is 39.0 Å². The number of halogens is 1. The van der Waals surface area contributed by atoms with Crippen LogP contribution in [0.25, 0.3) is 20.8 Å². The number of thiophene rings is 1. The van der Waals surface area contributed by atoms with Crippen LogP contribution in [-0.2, 0) is 27.2 Å². The third-order valence-electron chi connectivity index (χ3n) is 5.64. The number of pyridine rings is 2. The third-order valence-corrected chi connectivity index (χ3v) is 6.80. The zero-order valence-electron chi connectivity index (χ0n) is 22.8. The van der Waals surface area contributed by atoms with Crippen molar-refractivity contribution >= 4 is 33.6 Å². The maximum absolute atomic E-state index is 14.6. The molecule has 0 spiro atoms. The number of hydrogen-bond donors (Lipinski definition) is 1. The van der Waals surface area contributed by atoms with Crippen molar-refractivity contribution in [1.29, 1.82) is 0 Å². The highest BCUT2D eigenvalue weighted by molar-refractivity contribution is 7.22. The van der Waals surface area contributed by atoms with E-state index in [0.717, 1.165) is 20.8 Å². The van der Waals surface area contributed by atoms with Gasteiger partial charge >= 0.3 is 6.09 Å². The Morgan fingerprint density at radius 3 is 2.48 bits per heavy atom. The van der Waals surface area contributed by atoms with Crippen LogP contribution in [0.5, 0.6) is 11.5 Å². The van der Waals surface area contributed by atoms with E-state index in [0.29, 0.717) is 36.5 Å². The number of rotatable bonds is 10. The molecular weight excluding hydrogens is 535 g/mol. The SMILES string of the molecule is COCCN(Cc1ccc(-c2cc3nccc(Oc4ccc(CC(N)=O)cc4F)c3s2)nc1)C(=O)OC(C)(C)C. The monoisotopic (exact) mass is 566 g/mol. The minimum atomic E-state index is -0.609. The molecular formula is C29H31FN4O5S. The molecule has 1 aromatic carbocycles. The number of ether oxygens (including phenoxy) is 3. The minimum absolute atomic E-state index is 0.0289. The number of hydrogen-bond acceptors (Lipinski definition) is 8. The molecule has 0 unspecified atom stereocenters. The van der Waals surface area contributed by atoms with Gasteiger partial charge in [0.2, 0.25) is 5.91 Å². The van der Waals surface area contributed by atoms with Crippen molar-refractivity contribution in [2.24, 2.45) is 5.73 Å². The number of nitrogens with zero attached hydrogens (tertiary/aromatic N) is 3. The second-order valence-corrected chi connectivity index (χ2v) is 11.1. The second kappa shape index (κ2) is 12.4. The Labute approximate surface area is 235 Å². The van der Waals surface area contributed by atoms with Crippen LogP contribution in [0.1, 0.15) is 31.9 Å². The Morgan fingerprint density at radius 2 is 1.82 bits per heavy atom. The average Bonchev–Trinajstić information content (AvgIpc) is 3.32. The van der Waals surface area contributed by atoms with Gasteiger partial charge in [0.1, 0.15) is 11.4 Å². The third kappa shape index (κ3) is 7.51. The molecule has 0 radical (unpaired) electrons. The number of amides is 2. The summed E-state index contributed by atoms with van der Waals surface area (Å²) in [6.45, 7) is 6.55. The molecule has 3 aromatic heterocycles. The maximum atomic E-state index is 14.6. The van der Waals surface area contributed by atoms with Gasteiger partial charge in [-0.05, 0) is 56.2 Å². The smallest absolute Gasteiger partial charge is 0.410 e. The van der Waals surface area contributed by atoms with Crippen molar-refractivity contribution in [1.82, 2.24) is 14.9 Å². The highest BCUT2D eigenvalue weighted by Gasteiger charge is 2.22. The van der Waals surface area contributed by atoms with Gasteiger partial charge in [0.05, 0.1) is 40.4 Å². The Bertz CT molecular complexity index is 1500. The zero-order valence-corrected chi connectivity index (χ0v) is 23.6. The first-order valence-electron chi connectivity index (χ1n) is 12.6. The molecule has 0 aliphatic carbocycles. The van der Waals surface area contributed by atoms with Crippen molar-refractivity contribution in [2.75, 3.05) is 20.3 Å². The number of benzene rings is 1. The number of carbonyl (C=O) groups is 2. The van der Waals surface area contributed by atoms with Gasteiger partial charge in [0.25, 0.3) is 0 Å². The summed E-state index contributed by atoms with van der Waals surface area (Å²) >= 11 is 1.42. The zero-order chi connectivity index (χ0) is 28.9. The summed E-state index contributed by atoms with van der Waals surface area (Å²) in [6, 6.07) is 11.7. The summed E-state index contributed by atoms with van der Waals surface area (Å²) < 4.78 is 31.9. The topological polar surface area (TPSA) is 117 Å². The quantitative estimate of drug-likeness (QED) is 0.262. The highest BCUT2D eigenvalue weighted by Crippen LogP contribution is 2.39. The molecule has 11 heteroatoms. The summed E-state index contributed by atoms with van der Waals surface area (Å²) in [4.78, 5) is 35.3. The molecule has 40 heavy (non-hydrogen) atoms. The van der Waals surface area contributed by atoms with Gasteiger partial charge in [-0.1, -0.05) is 12.1 Å². The predicted octanol–water partition coefficient (Wildman–Crippen LogP) is 5.70. The summed E-state index contributed by atoms with van der Waals surface area (Å²) in [5.74, 6) is -0.654. The number of methoxy groups -OCH3 is 1. The highest BCUT2D eigenvalue weighted by atomic mass is 32.1. The summed E-state index contributed by atoms with van der Waals surface area (Å²) in [6.07, 6.45) is 2.84. The molecule has 0 fully saturated rings. The Kier molecular flexibility index (Phi) is 8.96. The van der Waals surface area contributed by atoms with E-state index in [4.69, 9.17) is 19.9 Å². The Balaban J connectivity index is 1.52. The molecule has 4 aromatic rings. The molecule has 2 amide bonds. The molecule has 0 aliphatic heterocycles. The fourth-order valence-corrected chi connectivity index (χ4v) is 4.87. The lowest BCUT2D eigenvalue weighted by Gasteiger charge is -2.27. The summed E-state index contributed by atoms with van der Waals surface area (Å²) in [7, 11) is 1.58. The van der Waals surface area contributed by atoms with Crippen molar-refractivity contribution in [3.05, 3.63) is 71.8 Å². The first kappa shape index (κ1) is 28.9. The van der Waals surface area contributed by atoms with Crippen molar-refractivity contribution in [3.8, 4) is 22.1 Å². The second-order valence-electron chi connectivity index (χ2n) is 10.1. The van der Waals surface area contributed by atoms with Crippen molar-refractivity contribution < 1.29 is 28.2 Å². The van der Waals surface area contributed by atoms with Crippen LogP contribution in [-0.4, -0.2) is 52.7 Å². The van der Waals surface area contributed by atoms with Gasteiger partial charge in [-0.25, -0.2) is 9.18 Å². The van der Waals surface area contributed by atoms with E-state index >= 15 is 0 Å². The maximum Gasteiger partial charge on any atom is 0.410 e. The first-order chi connectivity index (χ1) is 19.0. The molecule has 0 atom stereocenters. The van der Waals surface area contributed by atoms with Crippen LogP contribution < -0.4 is 10.5 Å². The molecule has 0 saturated carbocycles. The van der Waals surface area contributed by atoms with Crippen LogP contribution in [0.3, 0.4) is 0 Å². The number of fused-ring (bicyclic) bond motifs is 1. The number of aromatic nitrogens is 2. The lowest BCUT2D eigenvalue weighted by Crippen LogP contribution is -2.38.